The van der Waals surface area contributed by atoms with Crippen molar-refractivity contribution in [2.45, 2.75) is 45.3 Å². The first-order valence-corrected chi connectivity index (χ1v) is 9.82. The van der Waals surface area contributed by atoms with Crippen molar-refractivity contribution in [3.8, 4) is 5.75 Å². The van der Waals surface area contributed by atoms with Gasteiger partial charge in [-0.2, -0.15) is 0 Å². The normalized spacial score (nSPS) is 16.7. The van der Waals surface area contributed by atoms with E-state index in [2.05, 4.69) is 30.2 Å². The maximum absolute atomic E-state index is 12.6. The number of rotatable bonds is 4. The minimum atomic E-state index is -0.208. The number of likely N-dealkylation sites (N-methyl/N-ethyl adjacent to an activating group) is 1. The third kappa shape index (κ3) is 4.16. The first kappa shape index (κ1) is 19.2. The summed E-state index contributed by atoms with van der Waals surface area (Å²) in [5.41, 5.74) is 3.83. The van der Waals surface area contributed by atoms with Crippen LogP contribution in [0.1, 0.15) is 42.5 Å². The first-order valence-electron chi connectivity index (χ1n) is 9.82. The lowest BCUT2D eigenvalue weighted by atomic mass is 10.0. The number of ether oxygens (including phenoxy) is 1. The second-order valence-corrected chi connectivity index (χ2v) is 8.30. The van der Waals surface area contributed by atoms with Gasteiger partial charge in [-0.25, -0.2) is 4.98 Å². The van der Waals surface area contributed by atoms with Gasteiger partial charge in [0, 0.05) is 44.3 Å². The van der Waals surface area contributed by atoms with Gasteiger partial charge in [0.2, 0.25) is 11.8 Å². The van der Waals surface area contributed by atoms with Crippen molar-refractivity contribution >= 4 is 23.7 Å². The van der Waals surface area contributed by atoms with E-state index < -0.39 is 0 Å². The number of carbonyl (C=O) groups excluding carboxylic acids is 2. The highest BCUT2D eigenvalue weighted by molar-refractivity contribution is 5.93. The molecule has 0 saturated heterocycles. The van der Waals surface area contributed by atoms with Crippen LogP contribution in [0.2, 0.25) is 0 Å². The van der Waals surface area contributed by atoms with Gasteiger partial charge in [-0.05, 0) is 49.1 Å². The van der Waals surface area contributed by atoms with Crippen LogP contribution in [0.3, 0.4) is 0 Å². The quantitative estimate of drug-likeness (QED) is 0.812. The van der Waals surface area contributed by atoms with Gasteiger partial charge in [-0.1, -0.05) is 18.2 Å². The molecule has 0 aliphatic carbocycles. The molecule has 3 heterocycles. The fourth-order valence-corrected chi connectivity index (χ4v) is 3.80. The standard InChI is InChI=1S/C23H25N3O3/c1-23(2)12-17-5-4-6-18(21(17)29-23)14-26(3)20(28)10-7-15-11-16-8-9-19(27)25-22(16)24-13-15/h4-7,10-11,13H,8-9,12,14H2,1-3H3,(H,24,25,27). The summed E-state index contributed by atoms with van der Waals surface area (Å²) in [7, 11) is 1.78. The Labute approximate surface area is 170 Å². The maximum atomic E-state index is 12.6. The number of aromatic nitrogens is 1. The number of fused-ring (bicyclic) bond motifs is 2. The van der Waals surface area contributed by atoms with E-state index in [1.165, 1.54) is 5.56 Å². The van der Waals surface area contributed by atoms with E-state index in [0.717, 1.165) is 28.9 Å². The molecule has 0 atom stereocenters. The number of benzene rings is 1. The number of hydrogen-bond donors (Lipinski definition) is 1. The van der Waals surface area contributed by atoms with Crippen molar-refractivity contribution in [1.29, 1.82) is 0 Å². The molecule has 29 heavy (non-hydrogen) atoms. The number of amides is 2. The van der Waals surface area contributed by atoms with Gasteiger partial charge in [0.1, 0.15) is 17.2 Å². The summed E-state index contributed by atoms with van der Waals surface area (Å²) >= 11 is 0. The molecule has 0 radical (unpaired) electrons. The molecule has 2 aromatic rings. The Morgan fingerprint density at radius 1 is 1.31 bits per heavy atom. The molecular weight excluding hydrogens is 366 g/mol. The van der Waals surface area contributed by atoms with Crippen LogP contribution in [0, 0.1) is 0 Å². The summed E-state index contributed by atoms with van der Waals surface area (Å²) in [5.74, 6) is 1.42. The number of aryl methyl sites for hydroxylation is 1. The van der Waals surface area contributed by atoms with Crippen molar-refractivity contribution in [3.05, 3.63) is 58.8 Å². The fraction of sp³-hybridized carbons (Fsp3) is 0.348. The Bertz CT molecular complexity index is 1010. The minimum absolute atomic E-state index is 0.00939. The van der Waals surface area contributed by atoms with E-state index in [1.54, 1.807) is 30.3 Å². The smallest absolute Gasteiger partial charge is 0.246 e. The minimum Gasteiger partial charge on any atom is -0.487 e. The van der Waals surface area contributed by atoms with Crippen LogP contribution in [0.5, 0.6) is 5.75 Å². The number of pyridine rings is 1. The van der Waals surface area contributed by atoms with Crippen LogP contribution in [0.25, 0.3) is 6.08 Å². The third-order valence-corrected chi connectivity index (χ3v) is 5.24. The molecule has 0 unspecified atom stereocenters. The monoisotopic (exact) mass is 391 g/mol. The summed E-state index contributed by atoms with van der Waals surface area (Å²) in [5, 5.41) is 2.76. The van der Waals surface area contributed by atoms with Crippen molar-refractivity contribution in [2.24, 2.45) is 0 Å². The molecule has 1 N–H and O–H groups in total. The predicted octanol–water partition coefficient (Wildman–Crippen LogP) is 3.35. The lowest BCUT2D eigenvalue weighted by Crippen LogP contribution is -2.26. The van der Waals surface area contributed by atoms with Crippen LogP contribution in [0.15, 0.2) is 36.5 Å². The van der Waals surface area contributed by atoms with Crippen LogP contribution in [-0.2, 0) is 29.0 Å². The van der Waals surface area contributed by atoms with Gasteiger partial charge < -0.3 is 15.0 Å². The van der Waals surface area contributed by atoms with E-state index in [1.807, 2.05) is 18.2 Å². The molecule has 6 heteroatoms. The molecule has 2 aliphatic heterocycles. The Hall–Kier alpha value is -3.15. The number of nitrogens with zero attached hydrogens (tertiary/aromatic N) is 2. The molecule has 0 saturated carbocycles. The van der Waals surface area contributed by atoms with Gasteiger partial charge in [0.15, 0.2) is 0 Å². The van der Waals surface area contributed by atoms with Crippen molar-refractivity contribution < 1.29 is 14.3 Å². The average Bonchev–Trinajstić information content (AvgIpc) is 3.01. The molecule has 0 bridgehead atoms. The highest BCUT2D eigenvalue weighted by Gasteiger charge is 2.31. The highest BCUT2D eigenvalue weighted by Crippen LogP contribution is 2.37. The Morgan fingerprint density at radius 2 is 2.14 bits per heavy atom. The Morgan fingerprint density at radius 3 is 2.97 bits per heavy atom. The van der Waals surface area contributed by atoms with Crippen molar-refractivity contribution in [2.75, 3.05) is 12.4 Å². The molecule has 6 nitrogen and oxygen atoms in total. The van der Waals surface area contributed by atoms with Crippen LogP contribution < -0.4 is 10.1 Å². The maximum Gasteiger partial charge on any atom is 0.246 e. The summed E-state index contributed by atoms with van der Waals surface area (Å²) in [6, 6.07) is 8.08. The largest absolute Gasteiger partial charge is 0.487 e. The third-order valence-electron chi connectivity index (χ3n) is 5.24. The molecule has 1 aromatic heterocycles. The summed E-state index contributed by atoms with van der Waals surface area (Å²) in [6.45, 7) is 4.63. The van der Waals surface area contributed by atoms with Gasteiger partial charge >= 0.3 is 0 Å². The molecule has 0 fully saturated rings. The number of para-hydroxylation sites is 1. The summed E-state index contributed by atoms with van der Waals surface area (Å²) < 4.78 is 6.10. The number of carbonyl (C=O) groups is 2. The van der Waals surface area contributed by atoms with Crippen molar-refractivity contribution in [3.63, 3.8) is 0 Å². The summed E-state index contributed by atoms with van der Waals surface area (Å²) in [4.78, 5) is 30.0. The Kier molecular flexibility index (Phi) is 4.86. The molecule has 2 aliphatic rings. The highest BCUT2D eigenvalue weighted by atomic mass is 16.5. The van der Waals surface area contributed by atoms with Crippen LogP contribution >= 0.6 is 0 Å². The van der Waals surface area contributed by atoms with Crippen LogP contribution in [-0.4, -0.2) is 34.3 Å². The SMILES string of the molecule is CN(Cc1cccc2c1OC(C)(C)C2)C(=O)C=Cc1cnc2c(c1)CCC(=O)N2. The van der Waals surface area contributed by atoms with Gasteiger partial charge in [-0.3, -0.25) is 9.59 Å². The lowest BCUT2D eigenvalue weighted by Gasteiger charge is -2.20. The zero-order valence-corrected chi connectivity index (χ0v) is 17.0. The second-order valence-electron chi connectivity index (χ2n) is 8.30. The van der Waals surface area contributed by atoms with Crippen LogP contribution in [0.4, 0.5) is 5.82 Å². The van der Waals surface area contributed by atoms with Crippen molar-refractivity contribution in [1.82, 2.24) is 9.88 Å². The topological polar surface area (TPSA) is 71.5 Å². The molecule has 1 aromatic carbocycles. The van der Waals surface area contributed by atoms with Gasteiger partial charge in [0.05, 0.1) is 0 Å². The molecule has 2 amide bonds. The van der Waals surface area contributed by atoms with E-state index in [0.29, 0.717) is 25.2 Å². The molecular formula is C23H25N3O3. The molecule has 0 spiro atoms. The zero-order chi connectivity index (χ0) is 20.6. The predicted molar refractivity (Wildman–Crippen MR) is 112 cm³/mol. The number of nitrogens with one attached hydrogen (secondary N) is 1. The molecule has 150 valence electrons. The molecule has 4 rings (SSSR count). The van der Waals surface area contributed by atoms with E-state index in [9.17, 15) is 9.59 Å². The average molecular weight is 391 g/mol. The van der Waals surface area contributed by atoms with E-state index in [-0.39, 0.29) is 17.4 Å². The first-order chi connectivity index (χ1) is 13.8. The van der Waals surface area contributed by atoms with E-state index >= 15 is 0 Å². The van der Waals surface area contributed by atoms with Gasteiger partial charge in [0.25, 0.3) is 0 Å². The van der Waals surface area contributed by atoms with Gasteiger partial charge in [-0.15, -0.1) is 0 Å². The number of anilines is 1. The Balaban J connectivity index is 1.43. The van der Waals surface area contributed by atoms with E-state index in [4.69, 9.17) is 4.74 Å². The zero-order valence-electron chi connectivity index (χ0n) is 17.0. The summed E-state index contributed by atoms with van der Waals surface area (Å²) in [6.07, 6.45) is 6.98. The lowest BCUT2D eigenvalue weighted by molar-refractivity contribution is -0.125. The second kappa shape index (κ2) is 7.35. The number of hydrogen-bond acceptors (Lipinski definition) is 4. The fourth-order valence-electron chi connectivity index (χ4n) is 3.80.